The average molecular weight is 273 g/mol. The van der Waals surface area contributed by atoms with Crippen molar-refractivity contribution in [3.05, 3.63) is 53.1 Å². The van der Waals surface area contributed by atoms with Crippen LogP contribution >= 0.6 is 0 Å². The maximum Gasteiger partial charge on any atom is 0.272 e. The number of nitrogens with one attached hydrogen (secondary N) is 1. The highest BCUT2D eigenvalue weighted by molar-refractivity contribution is 6.04. The first kappa shape index (κ1) is 12.9. The highest BCUT2D eigenvalue weighted by Crippen LogP contribution is 2.33. The first-order chi connectivity index (χ1) is 9.56. The number of anilines is 1. The molecular weight excluding hydrogens is 257 g/mol. The van der Waals surface area contributed by atoms with Gasteiger partial charge in [0.05, 0.1) is 0 Å². The van der Waals surface area contributed by atoms with Crippen molar-refractivity contribution in [1.82, 2.24) is 4.57 Å². The number of aromatic nitrogens is 1. The van der Waals surface area contributed by atoms with E-state index in [-0.39, 0.29) is 17.8 Å². The predicted molar refractivity (Wildman–Crippen MR) is 75.0 cm³/mol. The van der Waals surface area contributed by atoms with Crippen LogP contribution in [0, 0.1) is 5.82 Å². The van der Waals surface area contributed by atoms with E-state index in [1.165, 1.54) is 12.1 Å². The van der Waals surface area contributed by atoms with Gasteiger partial charge < -0.3 is 15.6 Å². The number of hydrogen-bond acceptors (Lipinski definition) is 2. The minimum atomic E-state index is -0.325. The summed E-state index contributed by atoms with van der Waals surface area (Å²) >= 11 is 0. The van der Waals surface area contributed by atoms with E-state index in [1.807, 2.05) is 17.8 Å². The van der Waals surface area contributed by atoms with Crippen LogP contribution in [0.5, 0.6) is 0 Å². The molecule has 1 aromatic carbocycles. The number of amides is 1. The highest BCUT2D eigenvalue weighted by atomic mass is 19.1. The maximum absolute atomic E-state index is 12.9. The Kier molecular flexibility index (Phi) is 3.06. The molecule has 0 bridgehead atoms. The molecule has 5 heteroatoms. The van der Waals surface area contributed by atoms with Crippen LogP contribution in [0.2, 0.25) is 0 Å². The van der Waals surface area contributed by atoms with E-state index in [2.05, 4.69) is 5.32 Å². The summed E-state index contributed by atoms with van der Waals surface area (Å²) < 4.78 is 14.7. The quantitative estimate of drug-likeness (QED) is 0.882. The van der Waals surface area contributed by atoms with E-state index < -0.39 is 0 Å². The SMILES string of the molecule is Cn1cc2c(c1C(=O)Nc1ccc(F)cc1)CCC2N. The average Bonchev–Trinajstić information content (AvgIpc) is 2.92. The van der Waals surface area contributed by atoms with Gasteiger partial charge in [-0.1, -0.05) is 0 Å². The summed E-state index contributed by atoms with van der Waals surface area (Å²) in [6, 6.07) is 5.75. The molecule has 2 aromatic rings. The van der Waals surface area contributed by atoms with Crippen LogP contribution in [-0.4, -0.2) is 10.5 Å². The van der Waals surface area contributed by atoms with Gasteiger partial charge in [-0.25, -0.2) is 4.39 Å². The molecule has 1 heterocycles. The molecule has 0 radical (unpaired) electrons. The molecule has 104 valence electrons. The lowest BCUT2D eigenvalue weighted by Crippen LogP contribution is -2.17. The van der Waals surface area contributed by atoms with Gasteiger partial charge in [-0.05, 0) is 48.2 Å². The second-order valence-electron chi connectivity index (χ2n) is 5.13. The normalized spacial score (nSPS) is 17.1. The predicted octanol–water partition coefficient (Wildman–Crippen LogP) is 2.36. The second kappa shape index (κ2) is 4.76. The second-order valence-corrected chi connectivity index (χ2v) is 5.13. The molecule has 1 aromatic heterocycles. The Balaban J connectivity index is 1.88. The van der Waals surface area contributed by atoms with E-state index in [1.54, 1.807) is 12.1 Å². The number of halogens is 1. The van der Waals surface area contributed by atoms with E-state index in [0.717, 1.165) is 24.0 Å². The number of aryl methyl sites for hydroxylation is 1. The summed E-state index contributed by atoms with van der Waals surface area (Å²) in [5, 5.41) is 2.79. The zero-order chi connectivity index (χ0) is 14.3. The van der Waals surface area contributed by atoms with Crippen LogP contribution < -0.4 is 11.1 Å². The summed E-state index contributed by atoms with van der Waals surface area (Å²) in [6.07, 6.45) is 3.62. The first-order valence-corrected chi connectivity index (χ1v) is 6.57. The molecule has 0 saturated carbocycles. The Labute approximate surface area is 116 Å². The van der Waals surface area contributed by atoms with Gasteiger partial charge >= 0.3 is 0 Å². The lowest BCUT2D eigenvalue weighted by atomic mass is 10.1. The minimum Gasteiger partial charge on any atom is -0.346 e. The molecule has 1 atom stereocenters. The molecule has 3 N–H and O–H groups in total. The fourth-order valence-corrected chi connectivity index (χ4v) is 2.76. The maximum atomic E-state index is 12.9. The van der Waals surface area contributed by atoms with Gasteiger partial charge in [-0.3, -0.25) is 4.79 Å². The molecule has 0 spiro atoms. The Hall–Kier alpha value is -2.14. The number of benzene rings is 1. The third-order valence-corrected chi connectivity index (χ3v) is 3.74. The number of nitrogens with two attached hydrogens (primary N) is 1. The number of carbonyl (C=O) groups is 1. The van der Waals surface area contributed by atoms with Crippen LogP contribution in [-0.2, 0) is 13.5 Å². The molecule has 4 nitrogen and oxygen atoms in total. The standard InChI is InChI=1S/C15H16FN3O/c1-19-8-12-11(6-7-13(12)17)14(19)15(20)18-10-4-2-9(16)3-5-10/h2-5,8,13H,6-7,17H2,1H3,(H,18,20). The highest BCUT2D eigenvalue weighted by Gasteiger charge is 2.28. The molecule has 1 aliphatic carbocycles. The van der Waals surface area contributed by atoms with Crippen molar-refractivity contribution in [1.29, 1.82) is 0 Å². The molecule has 0 saturated heterocycles. The topological polar surface area (TPSA) is 60.0 Å². The van der Waals surface area contributed by atoms with Crippen LogP contribution in [0.15, 0.2) is 30.5 Å². The van der Waals surface area contributed by atoms with Crippen LogP contribution in [0.25, 0.3) is 0 Å². The number of hydrogen-bond donors (Lipinski definition) is 2. The fraction of sp³-hybridized carbons (Fsp3) is 0.267. The Morgan fingerprint density at radius 1 is 1.40 bits per heavy atom. The van der Waals surface area contributed by atoms with Gasteiger partial charge in [-0.2, -0.15) is 0 Å². The third kappa shape index (κ3) is 2.10. The largest absolute Gasteiger partial charge is 0.346 e. The van der Waals surface area contributed by atoms with Gasteiger partial charge in [0, 0.05) is 25.0 Å². The van der Waals surface area contributed by atoms with Crippen molar-refractivity contribution < 1.29 is 9.18 Å². The Morgan fingerprint density at radius 2 is 2.10 bits per heavy atom. The third-order valence-electron chi connectivity index (χ3n) is 3.74. The van der Waals surface area contributed by atoms with E-state index in [4.69, 9.17) is 5.73 Å². The van der Waals surface area contributed by atoms with Crippen molar-refractivity contribution in [3.63, 3.8) is 0 Å². The number of fused-ring (bicyclic) bond motifs is 1. The number of carbonyl (C=O) groups excluding carboxylic acids is 1. The lowest BCUT2D eigenvalue weighted by Gasteiger charge is -2.08. The van der Waals surface area contributed by atoms with Crippen LogP contribution in [0.4, 0.5) is 10.1 Å². The van der Waals surface area contributed by atoms with E-state index in [0.29, 0.717) is 11.4 Å². The van der Waals surface area contributed by atoms with Crippen molar-refractivity contribution in [3.8, 4) is 0 Å². The van der Waals surface area contributed by atoms with Crippen LogP contribution in [0.3, 0.4) is 0 Å². The molecule has 1 aliphatic rings. The van der Waals surface area contributed by atoms with Gasteiger partial charge in [0.2, 0.25) is 0 Å². The number of rotatable bonds is 2. The monoisotopic (exact) mass is 273 g/mol. The van der Waals surface area contributed by atoms with Crippen molar-refractivity contribution in [2.45, 2.75) is 18.9 Å². The summed E-state index contributed by atoms with van der Waals surface area (Å²) in [7, 11) is 1.84. The summed E-state index contributed by atoms with van der Waals surface area (Å²) in [4.78, 5) is 12.4. The first-order valence-electron chi connectivity index (χ1n) is 6.57. The molecule has 1 unspecified atom stereocenters. The zero-order valence-electron chi connectivity index (χ0n) is 11.2. The van der Waals surface area contributed by atoms with Gasteiger partial charge in [0.1, 0.15) is 11.5 Å². The molecule has 3 rings (SSSR count). The van der Waals surface area contributed by atoms with Crippen molar-refractivity contribution >= 4 is 11.6 Å². The van der Waals surface area contributed by atoms with E-state index in [9.17, 15) is 9.18 Å². The zero-order valence-corrected chi connectivity index (χ0v) is 11.2. The summed E-state index contributed by atoms with van der Waals surface area (Å²) in [5.74, 6) is -0.511. The summed E-state index contributed by atoms with van der Waals surface area (Å²) in [5.41, 5.74) is 9.31. The smallest absolute Gasteiger partial charge is 0.272 e. The molecule has 0 aliphatic heterocycles. The molecule has 1 amide bonds. The molecule has 0 fully saturated rings. The van der Waals surface area contributed by atoms with Gasteiger partial charge in [0.25, 0.3) is 5.91 Å². The number of nitrogens with zero attached hydrogens (tertiary/aromatic N) is 1. The molecular formula is C15H16FN3O. The summed E-state index contributed by atoms with van der Waals surface area (Å²) in [6.45, 7) is 0. The fourth-order valence-electron chi connectivity index (χ4n) is 2.76. The van der Waals surface area contributed by atoms with Gasteiger partial charge in [-0.15, -0.1) is 0 Å². The minimum absolute atomic E-state index is 0.0172. The van der Waals surface area contributed by atoms with Crippen molar-refractivity contribution in [2.24, 2.45) is 12.8 Å². The Morgan fingerprint density at radius 3 is 2.80 bits per heavy atom. The van der Waals surface area contributed by atoms with Crippen molar-refractivity contribution in [2.75, 3.05) is 5.32 Å². The lowest BCUT2D eigenvalue weighted by molar-refractivity contribution is 0.101. The molecule has 20 heavy (non-hydrogen) atoms. The van der Waals surface area contributed by atoms with Gasteiger partial charge in [0.15, 0.2) is 0 Å². The van der Waals surface area contributed by atoms with E-state index >= 15 is 0 Å². The van der Waals surface area contributed by atoms with Crippen LogP contribution in [0.1, 0.15) is 34.1 Å². The Bertz CT molecular complexity index is 661.